The Morgan fingerprint density at radius 3 is 2.78 bits per heavy atom. The van der Waals surface area contributed by atoms with Crippen LogP contribution in [0.25, 0.3) is 0 Å². The predicted octanol–water partition coefficient (Wildman–Crippen LogP) is 2.87. The molecule has 1 aromatic heterocycles. The van der Waals surface area contributed by atoms with Gasteiger partial charge in [0.15, 0.2) is 0 Å². The van der Waals surface area contributed by atoms with Crippen LogP contribution in [0.3, 0.4) is 0 Å². The third kappa shape index (κ3) is 2.84. The molecule has 2 rings (SSSR count). The number of nitrogens with zero attached hydrogens (tertiary/aromatic N) is 1. The largest absolute Gasteiger partial charge is 0.456 e. The fourth-order valence-electron chi connectivity index (χ4n) is 1.29. The Morgan fingerprint density at radius 2 is 2.11 bits per heavy atom. The van der Waals surface area contributed by atoms with Gasteiger partial charge in [-0.15, -0.1) is 0 Å². The van der Waals surface area contributed by atoms with Gasteiger partial charge in [-0.2, -0.15) is 0 Å². The Balaban J connectivity index is 2.28. The van der Waals surface area contributed by atoms with Gasteiger partial charge in [-0.05, 0) is 40.2 Å². The van der Waals surface area contributed by atoms with Crippen molar-refractivity contribution in [2.75, 3.05) is 0 Å². The lowest BCUT2D eigenvalue weighted by molar-refractivity contribution is 0.0995. The van der Waals surface area contributed by atoms with Crippen LogP contribution in [-0.4, -0.2) is 10.9 Å². The summed E-state index contributed by atoms with van der Waals surface area (Å²) in [5.74, 6) is -0.190. The average Bonchev–Trinajstić information content (AvgIpc) is 2.33. The first-order chi connectivity index (χ1) is 8.56. The maximum Gasteiger partial charge on any atom is 0.267 e. The molecule has 1 aromatic carbocycles. The van der Waals surface area contributed by atoms with Gasteiger partial charge in [0.2, 0.25) is 0 Å². The second-order valence-corrected chi connectivity index (χ2v) is 4.27. The summed E-state index contributed by atoms with van der Waals surface area (Å²) in [4.78, 5) is 14.8. The number of carbonyl (C=O) groups excluding carboxylic acids is 1. The summed E-state index contributed by atoms with van der Waals surface area (Å²) < 4.78 is 18.9. The number of benzene rings is 1. The Labute approximate surface area is 111 Å². The smallest absolute Gasteiger partial charge is 0.267 e. The molecule has 18 heavy (non-hydrogen) atoms. The summed E-state index contributed by atoms with van der Waals surface area (Å²) in [6, 6.07) is 7.02. The van der Waals surface area contributed by atoms with Crippen molar-refractivity contribution >= 4 is 21.8 Å². The minimum Gasteiger partial charge on any atom is -0.456 e. The van der Waals surface area contributed by atoms with Crippen molar-refractivity contribution < 1.29 is 13.9 Å². The van der Waals surface area contributed by atoms with Crippen LogP contribution in [0.5, 0.6) is 11.5 Å². The van der Waals surface area contributed by atoms with E-state index in [0.29, 0.717) is 16.0 Å². The number of halogens is 2. The average molecular weight is 311 g/mol. The zero-order valence-corrected chi connectivity index (χ0v) is 10.6. The molecule has 0 unspecified atom stereocenters. The normalized spacial score (nSPS) is 10.1. The summed E-state index contributed by atoms with van der Waals surface area (Å²) in [5, 5.41) is 0. The SMILES string of the molecule is NC(=O)c1cc(Oc2ccc(F)cc2Br)ccn1. The summed E-state index contributed by atoms with van der Waals surface area (Å²) in [5.41, 5.74) is 5.21. The van der Waals surface area contributed by atoms with E-state index in [9.17, 15) is 9.18 Å². The molecular formula is C12H8BrFN2O2. The Kier molecular flexibility index (Phi) is 3.57. The van der Waals surface area contributed by atoms with Crippen LogP contribution >= 0.6 is 15.9 Å². The number of rotatable bonds is 3. The van der Waals surface area contributed by atoms with Gasteiger partial charge in [0, 0.05) is 12.3 Å². The van der Waals surface area contributed by atoms with Gasteiger partial charge in [-0.1, -0.05) is 0 Å². The zero-order valence-electron chi connectivity index (χ0n) is 9.06. The summed E-state index contributed by atoms with van der Waals surface area (Å²) in [6.07, 6.45) is 1.41. The van der Waals surface area contributed by atoms with Gasteiger partial charge in [-0.25, -0.2) is 4.39 Å². The van der Waals surface area contributed by atoms with E-state index < -0.39 is 5.91 Å². The first-order valence-corrected chi connectivity index (χ1v) is 5.74. The van der Waals surface area contributed by atoms with Gasteiger partial charge in [0.1, 0.15) is 23.0 Å². The third-order valence-electron chi connectivity index (χ3n) is 2.11. The highest BCUT2D eigenvalue weighted by molar-refractivity contribution is 9.10. The minimum atomic E-state index is -0.640. The molecule has 0 atom stereocenters. The first-order valence-electron chi connectivity index (χ1n) is 4.95. The minimum absolute atomic E-state index is 0.103. The Bertz CT molecular complexity index is 604. The van der Waals surface area contributed by atoms with Crippen LogP contribution in [-0.2, 0) is 0 Å². The van der Waals surface area contributed by atoms with Gasteiger partial charge in [-0.3, -0.25) is 9.78 Å². The van der Waals surface area contributed by atoms with Crippen LogP contribution in [0.4, 0.5) is 4.39 Å². The van der Waals surface area contributed by atoms with E-state index in [1.165, 1.54) is 30.5 Å². The van der Waals surface area contributed by atoms with E-state index in [0.717, 1.165) is 0 Å². The fourth-order valence-corrected chi connectivity index (χ4v) is 1.73. The highest BCUT2D eigenvalue weighted by Gasteiger charge is 2.07. The van der Waals surface area contributed by atoms with Gasteiger partial charge in [0.05, 0.1) is 4.47 Å². The van der Waals surface area contributed by atoms with Gasteiger partial charge < -0.3 is 10.5 Å². The van der Waals surface area contributed by atoms with Crippen molar-refractivity contribution in [3.05, 3.63) is 52.5 Å². The van der Waals surface area contributed by atoms with Crippen LogP contribution in [0.2, 0.25) is 0 Å². The number of ether oxygens (including phenoxy) is 1. The summed E-state index contributed by atoms with van der Waals surface area (Å²) in [7, 11) is 0. The van der Waals surface area contributed by atoms with E-state index in [4.69, 9.17) is 10.5 Å². The summed E-state index contributed by atoms with van der Waals surface area (Å²) >= 11 is 3.18. The molecular weight excluding hydrogens is 303 g/mol. The number of aromatic nitrogens is 1. The predicted molar refractivity (Wildman–Crippen MR) is 66.9 cm³/mol. The standard InChI is InChI=1S/C12H8BrFN2O2/c13-9-5-7(14)1-2-11(9)18-8-3-4-16-10(6-8)12(15)17/h1-6H,(H2,15,17). The van der Waals surface area contributed by atoms with Crippen molar-refractivity contribution in [2.24, 2.45) is 5.73 Å². The molecule has 0 saturated carbocycles. The van der Waals surface area contributed by atoms with E-state index in [2.05, 4.69) is 20.9 Å². The zero-order chi connectivity index (χ0) is 13.1. The number of hydrogen-bond acceptors (Lipinski definition) is 3. The quantitative estimate of drug-likeness (QED) is 0.948. The Morgan fingerprint density at radius 1 is 1.33 bits per heavy atom. The van der Waals surface area contributed by atoms with Crippen molar-refractivity contribution in [3.8, 4) is 11.5 Å². The van der Waals surface area contributed by atoms with Gasteiger partial charge >= 0.3 is 0 Å². The molecule has 0 radical (unpaired) electrons. The number of amides is 1. The lowest BCUT2D eigenvalue weighted by atomic mass is 10.3. The highest BCUT2D eigenvalue weighted by Crippen LogP contribution is 2.30. The highest BCUT2D eigenvalue weighted by atomic mass is 79.9. The number of primary amides is 1. The molecule has 6 heteroatoms. The monoisotopic (exact) mass is 310 g/mol. The molecule has 4 nitrogen and oxygen atoms in total. The van der Waals surface area contributed by atoms with E-state index in [-0.39, 0.29) is 11.5 Å². The van der Waals surface area contributed by atoms with E-state index in [1.54, 1.807) is 6.07 Å². The van der Waals surface area contributed by atoms with Crippen molar-refractivity contribution in [1.82, 2.24) is 4.98 Å². The van der Waals surface area contributed by atoms with Crippen molar-refractivity contribution in [3.63, 3.8) is 0 Å². The van der Waals surface area contributed by atoms with Crippen molar-refractivity contribution in [2.45, 2.75) is 0 Å². The molecule has 2 aromatic rings. The molecule has 0 aliphatic rings. The molecule has 0 fully saturated rings. The van der Waals surface area contributed by atoms with Crippen LogP contribution in [0.1, 0.15) is 10.5 Å². The molecule has 0 spiro atoms. The second kappa shape index (κ2) is 5.14. The molecule has 0 bridgehead atoms. The molecule has 1 amide bonds. The van der Waals surface area contributed by atoms with E-state index in [1.807, 2.05) is 0 Å². The molecule has 92 valence electrons. The topological polar surface area (TPSA) is 65.2 Å². The van der Waals surface area contributed by atoms with Crippen LogP contribution in [0, 0.1) is 5.82 Å². The molecule has 0 aliphatic carbocycles. The van der Waals surface area contributed by atoms with Crippen LogP contribution < -0.4 is 10.5 Å². The first kappa shape index (κ1) is 12.5. The lowest BCUT2D eigenvalue weighted by Gasteiger charge is -2.08. The number of pyridine rings is 1. The fraction of sp³-hybridized carbons (Fsp3) is 0. The molecule has 0 saturated heterocycles. The second-order valence-electron chi connectivity index (χ2n) is 3.42. The van der Waals surface area contributed by atoms with Crippen LogP contribution in [0.15, 0.2) is 41.0 Å². The third-order valence-corrected chi connectivity index (χ3v) is 2.73. The number of hydrogen-bond donors (Lipinski definition) is 1. The number of nitrogens with two attached hydrogens (primary N) is 1. The maximum absolute atomic E-state index is 12.9. The lowest BCUT2D eigenvalue weighted by Crippen LogP contribution is -2.12. The van der Waals surface area contributed by atoms with Crippen molar-refractivity contribution in [1.29, 1.82) is 0 Å². The molecule has 2 N–H and O–H groups in total. The molecule has 0 aliphatic heterocycles. The summed E-state index contributed by atoms with van der Waals surface area (Å²) in [6.45, 7) is 0. The maximum atomic E-state index is 12.9. The van der Waals surface area contributed by atoms with Gasteiger partial charge in [0.25, 0.3) is 5.91 Å². The molecule has 1 heterocycles. The Hall–Kier alpha value is -1.95. The van der Waals surface area contributed by atoms with E-state index >= 15 is 0 Å². The number of carbonyl (C=O) groups is 1.